The molecule has 37 heavy (non-hydrogen) atoms. The van der Waals surface area contributed by atoms with E-state index in [9.17, 15) is 0 Å². The average molecular weight is 480 g/mol. The number of fused-ring (bicyclic) bond motifs is 7. The summed E-state index contributed by atoms with van der Waals surface area (Å²) in [6, 6.07) is 4.46. The second-order valence-electron chi connectivity index (χ2n) is 10.2. The molecule has 1 aromatic carbocycles. The van der Waals surface area contributed by atoms with Gasteiger partial charge in [0, 0.05) is 22.2 Å². The first-order valence-electron chi connectivity index (χ1n) is 13.2. The van der Waals surface area contributed by atoms with E-state index < -0.39 is 0 Å². The van der Waals surface area contributed by atoms with Crippen molar-refractivity contribution in [1.82, 2.24) is 9.97 Å². The van der Waals surface area contributed by atoms with Gasteiger partial charge in [0.1, 0.15) is 11.9 Å². The first-order chi connectivity index (χ1) is 18.4. The molecule has 3 heterocycles. The zero-order valence-corrected chi connectivity index (χ0v) is 20.4. The van der Waals surface area contributed by atoms with Crippen molar-refractivity contribution < 1.29 is 4.74 Å². The van der Waals surface area contributed by atoms with Gasteiger partial charge in [-0.25, -0.2) is 9.97 Å². The summed E-state index contributed by atoms with van der Waals surface area (Å²) in [4.78, 5) is 13.0. The molecule has 2 aliphatic heterocycles. The molecule has 0 amide bonds. The SMILES string of the molecule is C1=CC=CC(c2nc(N3C4=C(CCC=C4)C4=CCCCC43)nc3ccc4c(c23)C2C#CC=CC2O4)=CC=1. The van der Waals surface area contributed by atoms with Gasteiger partial charge in [0.2, 0.25) is 5.95 Å². The normalized spacial score (nSPS) is 26.1. The van der Waals surface area contributed by atoms with Gasteiger partial charge in [0.15, 0.2) is 0 Å². The first-order valence-corrected chi connectivity index (χ1v) is 13.2. The summed E-state index contributed by atoms with van der Waals surface area (Å²) in [6.07, 6.45) is 26.7. The van der Waals surface area contributed by atoms with E-state index in [2.05, 4.69) is 71.1 Å². The van der Waals surface area contributed by atoms with E-state index in [0.717, 1.165) is 65.1 Å². The third-order valence-electron chi connectivity index (χ3n) is 8.15. The van der Waals surface area contributed by atoms with E-state index in [1.54, 1.807) is 0 Å². The molecule has 1 aromatic heterocycles. The van der Waals surface area contributed by atoms with Crippen molar-refractivity contribution in [1.29, 1.82) is 0 Å². The molecule has 2 aromatic rings. The highest BCUT2D eigenvalue weighted by Crippen LogP contribution is 2.48. The lowest BCUT2D eigenvalue weighted by atomic mass is 9.88. The van der Waals surface area contributed by atoms with E-state index in [1.807, 2.05) is 24.3 Å². The Hall–Kier alpha value is -4.32. The third-order valence-corrected chi connectivity index (χ3v) is 8.15. The molecule has 4 aliphatic carbocycles. The van der Waals surface area contributed by atoms with Crippen LogP contribution in [-0.4, -0.2) is 22.1 Å². The maximum atomic E-state index is 6.31. The van der Waals surface area contributed by atoms with Crippen molar-refractivity contribution in [3.8, 4) is 17.6 Å². The van der Waals surface area contributed by atoms with Gasteiger partial charge in [0.05, 0.1) is 23.2 Å². The van der Waals surface area contributed by atoms with Crippen LogP contribution >= 0.6 is 0 Å². The molecule has 0 fully saturated rings. The number of aromatic nitrogens is 2. The van der Waals surface area contributed by atoms with Crippen molar-refractivity contribution in [2.45, 2.75) is 50.2 Å². The fourth-order valence-electron chi connectivity index (χ4n) is 6.56. The highest BCUT2D eigenvalue weighted by atomic mass is 16.5. The Bertz CT molecular complexity index is 1690. The van der Waals surface area contributed by atoms with Crippen LogP contribution in [0.1, 0.15) is 49.3 Å². The lowest BCUT2D eigenvalue weighted by molar-refractivity contribution is 0.272. The number of ether oxygens (including phenoxy) is 1. The van der Waals surface area contributed by atoms with Gasteiger partial charge in [-0.1, -0.05) is 36.1 Å². The van der Waals surface area contributed by atoms with Crippen molar-refractivity contribution >= 4 is 22.4 Å². The number of nitrogens with zero attached hydrogens (tertiary/aromatic N) is 3. The van der Waals surface area contributed by atoms with E-state index in [0.29, 0.717) is 6.04 Å². The van der Waals surface area contributed by atoms with Gasteiger partial charge >= 0.3 is 0 Å². The van der Waals surface area contributed by atoms with Gasteiger partial charge in [-0.05, 0) is 91.8 Å². The Morgan fingerprint density at radius 1 is 1.08 bits per heavy atom. The minimum Gasteiger partial charge on any atom is -0.484 e. The zero-order valence-electron chi connectivity index (χ0n) is 20.4. The van der Waals surface area contributed by atoms with Crippen molar-refractivity contribution in [2.75, 3.05) is 4.90 Å². The summed E-state index contributed by atoms with van der Waals surface area (Å²) in [5.41, 5.74) is 11.4. The Morgan fingerprint density at radius 3 is 3.08 bits per heavy atom. The molecule has 3 unspecified atom stereocenters. The fourth-order valence-corrected chi connectivity index (χ4v) is 6.56. The van der Waals surface area contributed by atoms with Gasteiger partial charge in [-0.2, -0.15) is 0 Å². The predicted molar refractivity (Wildman–Crippen MR) is 147 cm³/mol. The molecule has 0 saturated heterocycles. The standard InChI is InChI=1S/C33H25N3O/c1-2-4-12-21(11-3-1)32-31-25(19-20-29-30(31)24-15-7-10-18-28(24)37-29)34-33(35-32)36-26-16-8-5-13-22(26)23-14-6-9-17-27(23)36/h1,3-4,8,10-12,14,16,18-20,24,27-28H,5-6,9,13,17H2. The number of allylic oxidation sites excluding steroid dienone is 9. The van der Waals surface area contributed by atoms with Crippen molar-refractivity contribution in [2.24, 2.45) is 0 Å². The molecule has 0 spiro atoms. The number of hydrogen-bond donors (Lipinski definition) is 0. The topological polar surface area (TPSA) is 38.2 Å². The van der Waals surface area contributed by atoms with Gasteiger partial charge in [-0.15, -0.1) is 5.73 Å². The van der Waals surface area contributed by atoms with Crippen molar-refractivity contribution in [3.63, 3.8) is 0 Å². The van der Waals surface area contributed by atoms with E-state index in [-0.39, 0.29) is 12.0 Å². The van der Waals surface area contributed by atoms with Gasteiger partial charge < -0.3 is 9.64 Å². The quantitative estimate of drug-likeness (QED) is 0.359. The highest BCUT2D eigenvalue weighted by molar-refractivity contribution is 5.98. The Kier molecular flexibility index (Phi) is 4.56. The predicted octanol–water partition coefficient (Wildman–Crippen LogP) is 6.62. The maximum absolute atomic E-state index is 6.31. The zero-order chi connectivity index (χ0) is 24.3. The highest BCUT2D eigenvalue weighted by Gasteiger charge is 2.40. The molecule has 0 radical (unpaired) electrons. The lowest BCUT2D eigenvalue weighted by Gasteiger charge is -2.30. The first kappa shape index (κ1) is 20.8. The van der Waals surface area contributed by atoms with Crippen LogP contribution in [0.4, 0.5) is 5.95 Å². The van der Waals surface area contributed by atoms with E-state index in [1.165, 1.54) is 23.3 Å². The minimum absolute atomic E-state index is 0.0174. The Labute approximate surface area is 216 Å². The van der Waals surface area contributed by atoms with Crippen LogP contribution in [0.3, 0.4) is 0 Å². The molecule has 3 atom stereocenters. The van der Waals surface area contributed by atoms with Crippen LogP contribution < -0.4 is 9.64 Å². The fraction of sp³-hybridized carbons (Fsp3) is 0.242. The van der Waals surface area contributed by atoms with Crippen molar-refractivity contribution in [3.05, 3.63) is 107 Å². The van der Waals surface area contributed by atoms with E-state index >= 15 is 0 Å². The second-order valence-corrected chi connectivity index (χ2v) is 10.2. The molecular formula is C33H25N3O. The third kappa shape index (κ3) is 3.11. The van der Waals surface area contributed by atoms with Crippen LogP contribution in [0.2, 0.25) is 0 Å². The summed E-state index contributed by atoms with van der Waals surface area (Å²) in [5, 5.41) is 1.04. The molecule has 4 nitrogen and oxygen atoms in total. The smallest absolute Gasteiger partial charge is 0.231 e. The summed E-state index contributed by atoms with van der Waals surface area (Å²) >= 11 is 0. The lowest BCUT2D eigenvalue weighted by Crippen LogP contribution is -2.33. The largest absolute Gasteiger partial charge is 0.484 e. The van der Waals surface area contributed by atoms with Crippen LogP contribution in [0.25, 0.3) is 16.5 Å². The number of benzene rings is 1. The summed E-state index contributed by atoms with van der Waals surface area (Å²) in [5.74, 6) is 8.20. The minimum atomic E-state index is -0.0665. The summed E-state index contributed by atoms with van der Waals surface area (Å²) in [7, 11) is 0. The average Bonchev–Trinajstić information content (AvgIpc) is 3.35. The number of rotatable bonds is 2. The van der Waals surface area contributed by atoms with E-state index in [4.69, 9.17) is 14.7 Å². The van der Waals surface area contributed by atoms with Crippen LogP contribution in [-0.2, 0) is 0 Å². The van der Waals surface area contributed by atoms with Gasteiger partial charge in [-0.3, -0.25) is 0 Å². The van der Waals surface area contributed by atoms with Crippen LogP contribution in [0, 0.1) is 11.8 Å². The maximum Gasteiger partial charge on any atom is 0.231 e. The molecule has 0 N–H and O–H groups in total. The number of hydrogen-bond acceptors (Lipinski definition) is 4. The molecule has 0 saturated carbocycles. The molecule has 4 heteroatoms. The molecule has 8 rings (SSSR count). The Morgan fingerprint density at radius 2 is 2.08 bits per heavy atom. The monoisotopic (exact) mass is 479 g/mol. The van der Waals surface area contributed by atoms with Crippen LogP contribution in [0.5, 0.6) is 5.75 Å². The summed E-state index contributed by atoms with van der Waals surface area (Å²) in [6.45, 7) is 0. The summed E-state index contributed by atoms with van der Waals surface area (Å²) < 4.78 is 6.31. The molecule has 6 aliphatic rings. The Balaban J connectivity index is 1.39. The molecule has 178 valence electrons. The molecule has 0 bridgehead atoms. The number of anilines is 1. The molecular weight excluding hydrogens is 454 g/mol. The van der Waals surface area contributed by atoms with Crippen LogP contribution in [0.15, 0.2) is 95.5 Å². The van der Waals surface area contributed by atoms with Gasteiger partial charge in [0.25, 0.3) is 0 Å². The second kappa shape index (κ2) is 8.10.